The van der Waals surface area contributed by atoms with Gasteiger partial charge in [-0.2, -0.15) is 5.26 Å². The molecule has 6 aromatic rings. The van der Waals surface area contributed by atoms with E-state index in [0.717, 1.165) is 27.4 Å². The molecule has 184 valence electrons. The van der Waals surface area contributed by atoms with Crippen LogP contribution in [-0.4, -0.2) is 18.3 Å². The first-order valence-corrected chi connectivity index (χ1v) is 20.5. The first kappa shape index (κ1) is 24.4. The van der Waals surface area contributed by atoms with Crippen molar-refractivity contribution in [1.29, 1.82) is 5.26 Å². The van der Waals surface area contributed by atoms with Crippen molar-refractivity contribution in [1.82, 2.24) is 4.98 Å². The summed E-state index contributed by atoms with van der Waals surface area (Å²) in [5.74, 6) is 7.32. The summed E-state index contributed by atoms with van der Waals surface area (Å²) in [5, 5.41) is 16.7. The van der Waals surface area contributed by atoms with Gasteiger partial charge >= 0.3 is 164 Å². The first-order valence-electron chi connectivity index (χ1n) is 13.1. The quantitative estimate of drug-likeness (QED) is 0.163. The van der Waals surface area contributed by atoms with Gasteiger partial charge in [-0.05, 0) is 22.9 Å². The Balaban J connectivity index is 1.55. The maximum atomic E-state index is 9.83. The molecule has 0 fully saturated rings. The van der Waals surface area contributed by atoms with E-state index < -0.39 is 13.3 Å². The third-order valence-electron chi connectivity index (χ3n) is 7.82. The molecule has 0 unspecified atom stereocenters. The van der Waals surface area contributed by atoms with Crippen LogP contribution in [0.5, 0.6) is 0 Å². The van der Waals surface area contributed by atoms with Crippen LogP contribution in [0, 0.1) is 25.2 Å². The van der Waals surface area contributed by atoms with Gasteiger partial charge in [-0.15, -0.1) is 0 Å². The summed E-state index contributed by atoms with van der Waals surface area (Å²) in [7, 11) is 0. The SMILES string of the molecule is Cc1cc2c(ccc3c(-c4cc(C#N)c5ccccc5c4)nccc32)c(C)c1-c1cc[c]([Ge]([CH3])([CH3])[CH3])cc1. The summed E-state index contributed by atoms with van der Waals surface area (Å²) >= 11 is -1.85. The monoisotopic (exact) mass is 552 g/mol. The molecule has 5 aromatic carbocycles. The van der Waals surface area contributed by atoms with Gasteiger partial charge in [0.1, 0.15) is 0 Å². The second-order valence-electron chi connectivity index (χ2n) is 11.3. The Morgan fingerprint density at radius 3 is 2.16 bits per heavy atom. The number of rotatable bonds is 3. The molecule has 0 atom stereocenters. The molecule has 0 radical (unpaired) electrons. The number of hydrogen-bond acceptors (Lipinski definition) is 2. The molecule has 38 heavy (non-hydrogen) atoms. The van der Waals surface area contributed by atoms with Crippen LogP contribution in [0.25, 0.3) is 54.7 Å². The Bertz CT molecular complexity index is 1920. The average Bonchev–Trinajstić information content (AvgIpc) is 2.91. The van der Waals surface area contributed by atoms with Crippen molar-refractivity contribution in [3.05, 3.63) is 108 Å². The fourth-order valence-corrected chi connectivity index (χ4v) is 8.28. The van der Waals surface area contributed by atoms with Gasteiger partial charge < -0.3 is 0 Å². The predicted octanol–water partition coefficient (Wildman–Crippen LogP) is 8.91. The second kappa shape index (κ2) is 9.12. The number of aryl methyl sites for hydroxylation is 2. The number of nitriles is 1. The molecule has 0 amide bonds. The van der Waals surface area contributed by atoms with Crippen LogP contribution in [0.3, 0.4) is 0 Å². The normalized spacial score (nSPS) is 11.8. The zero-order valence-electron chi connectivity index (χ0n) is 22.6. The van der Waals surface area contributed by atoms with Crippen molar-refractivity contribution in [2.45, 2.75) is 31.1 Å². The molecule has 6 rings (SSSR count). The van der Waals surface area contributed by atoms with E-state index in [4.69, 9.17) is 4.98 Å². The van der Waals surface area contributed by atoms with Crippen LogP contribution in [0.4, 0.5) is 0 Å². The van der Waals surface area contributed by atoms with E-state index in [1.807, 2.05) is 30.5 Å². The first-order chi connectivity index (χ1) is 18.3. The summed E-state index contributed by atoms with van der Waals surface area (Å²) < 4.78 is 1.53. The van der Waals surface area contributed by atoms with Gasteiger partial charge in [0.05, 0.1) is 11.6 Å². The molecule has 0 aliphatic rings. The van der Waals surface area contributed by atoms with E-state index in [1.165, 1.54) is 42.8 Å². The van der Waals surface area contributed by atoms with E-state index in [0.29, 0.717) is 5.56 Å². The molecule has 1 heterocycles. The van der Waals surface area contributed by atoms with Crippen molar-refractivity contribution >= 4 is 50.0 Å². The Morgan fingerprint density at radius 1 is 0.684 bits per heavy atom. The molecule has 2 nitrogen and oxygen atoms in total. The van der Waals surface area contributed by atoms with Crippen LogP contribution >= 0.6 is 0 Å². The number of nitrogens with zero attached hydrogens (tertiary/aromatic N) is 2. The number of hydrogen-bond donors (Lipinski definition) is 0. The number of aromatic nitrogens is 1. The van der Waals surface area contributed by atoms with Crippen LogP contribution < -0.4 is 4.40 Å². The molecule has 0 spiro atoms. The molecular weight excluding hydrogens is 521 g/mol. The van der Waals surface area contributed by atoms with Crippen LogP contribution in [0.1, 0.15) is 16.7 Å². The van der Waals surface area contributed by atoms with Gasteiger partial charge in [-0.1, -0.05) is 24.3 Å². The zero-order valence-corrected chi connectivity index (χ0v) is 24.7. The van der Waals surface area contributed by atoms with Gasteiger partial charge in [0, 0.05) is 0 Å². The molecule has 1 aromatic heterocycles. The van der Waals surface area contributed by atoms with Crippen molar-refractivity contribution < 1.29 is 0 Å². The third-order valence-corrected chi connectivity index (χ3v) is 12.1. The van der Waals surface area contributed by atoms with E-state index in [2.05, 4.69) is 97.8 Å². The second-order valence-corrected chi connectivity index (χ2v) is 21.9. The molecule has 3 heteroatoms. The Kier molecular flexibility index (Phi) is 5.85. The summed E-state index contributed by atoms with van der Waals surface area (Å²) in [5.41, 5.74) is 7.76. The van der Waals surface area contributed by atoms with Gasteiger partial charge in [0.15, 0.2) is 0 Å². The number of benzene rings is 5. The summed E-state index contributed by atoms with van der Waals surface area (Å²) in [6.07, 6.45) is 1.90. The van der Waals surface area contributed by atoms with Crippen molar-refractivity contribution in [3.8, 4) is 28.5 Å². The Labute approximate surface area is 226 Å². The van der Waals surface area contributed by atoms with Crippen molar-refractivity contribution in [2.75, 3.05) is 0 Å². The zero-order chi connectivity index (χ0) is 26.6. The average molecular weight is 551 g/mol. The van der Waals surface area contributed by atoms with E-state index in [-0.39, 0.29) is 0 Å². The topological polar surface area (TPSA) is 36.7 Å². The third kappa shape index (κ3) is 3.99. The summed E-state index contributed by atoms with van der Waals surface area (Å²) in [6, 6.07) is 32.8. The number of fused-ring (bicyclic) bond motifs is 4. The van der Waals surface area contributed by atoms with Gasteiger partial charge in [-0.25, -0.2) is 0 Å². The molecule has 0 saturated carbocycles. The maximum absolute atomic E-state index is 9.83. The van der Waals surface area contributed by atoms with E-state index in [1.54, 1.807) is 0 Å². The molecule has 0 aliphatic heterocycles. The molecule has 0 aliphatic carbocycles. The fraction of sp³-hybridized carbons (Fsp3) is 0.143. The van der Waals surface area contributed by atoms with Crippen molar-refractivity contribution in [2.24, 2.45) is 0 Å². The Hall–Kier alpha value is -3.94. The van der Waals surface area contributed by atoms with Crippen LogP contribution in [0.2, 0.25) is 17.3 Å². The molecular formula is C35H30GeN2. The molecule has 0 saturated heterocycles. The molecule has 0 bridgehead atoms. The van der Waals surface area contributed by atoms with Crippen LogP contribution in [-0.2, 0) is 0 Å². The fourth-order valence-electron chi connectivity index (χ4n) is 5.83. The van der Waals surface area contributed by atoms with Crippen LogP contribution in [0.15, 0.2) is 91.1 Å². The van der Waals surface area contributed by atoms with Crippen molar-refractivity contribution in [3.63, 3.8) is 0 Å². The van der Waals surface area contributed by atoms with E-state index in [9.17, 15) is 5.26 Å². The van der Waals surface area contributed by atoms with E-state index >= 15 is 0 Å². The number of pyridine rings is 1. The standard InChI is InChI=1S/C35H30GeN2/c1-22-18-33-29(23(2)34(22)24-10-12-28(13-11-24)36(3,4)5)14-15-32-31(33)16-17-38-35(32)26-19-25-8-6-7-9-30(25)27(20-26)21-37/h6-20H,1-5H3. The minimum atomic E-state index is -1.85. The minimum absolute atomic E-state index is 0.676. The predicted molar refractivity (Wildman–Crippen MR) is 165 cm³/mol. The molecule has 0 N–H and O–H groups in total. The van der Waals surface area contributed by atoms with Gasteiger partial charge in [-0.3, -0.25) is 0 Å². The van der Waals surface area contributed by atoms with Gasteiger partial charge in [0.25, 0.3) is 0 Å². The summed E-state index contributed by atoms with van der Waals surface area (Å²) in [4.78, 5) is 4.80. The summed E-state index contributed by atoms with van der Waals surface area (Å²) in [6.45, 7) is 4.47. The van der Waals surface area contributed by atoms with Gasteiger partial charge in [0.2, 0.25) is 0 Å². The Morgan fingerprint density at radius 2 is 1.42 bits per heavy atom.